The molecular formula is C98H60N10. The Labute approximate surface area is 618 Å². The zero-order chi connectivity index (χ0) is 70.7. The van der Waals surface area contributed by atoms with Gasteiger partial charge in [0, 0.05) is 134 Å². The van der Waals surface area contributed by atoms with Gasteiger partial charge < -0.3 is 27.4 Å². The van der Waals surface area contributed by atoms with E-state index in [4.69, 9.17) is 9.97 Å². The number of para-hydroxylation sites is 9. The molecule has 10 heteroatoms. The van der Waals surface area contributed by atoms with E-state index in [1.165, 1.54) is 26.9 Å². The lowest BCUT2D eigenvalue weighted by Gasteiger charge is -2.18. The van der Waals surface area contributed by atoms with Crippen molar-refractivity contribution in [3.63, 3.8) is 0 Å². The van der Waals surface area contributed by atoms with Crippen molar-refractivity contribution in [1.82, 2.24) is 47.3 Å². The Morgan fingerprint density at radius 3 is 0.630 bits per heavy atom. The van der Waals surface area contributed by atoms with Gasteiger partial charge in [-0.25, -0.2) is 9.97 Å². The molecule has 23 rings (SSSR count). The second-order valence-electron chi connectivity index (χ2n) is 28.1. The number of hydrogen-bond acceptors (Lipinski definition) is 4. The fourth-order valence-corrected chi connectivity index (χ4v) is 17.8. The highest BCUT2D eigenvalue weighted by molar-refractivity contribution is 6.27. The van der Waals surface area contributed by atoms with Gasteiger partial charge in [-0.2, -0.15) is 0 Å². The van der Waals surface area contributed by atoms with Gasteiger partial charge in [-0.15, -0.1) is 0 Å². The van der Waals surface area contributed by atoms with Crippen LogP contribution in [-0.2, 0) is 0 Å². The molecular weight excluding hydrogens is 1320 g/mol. The zero-order valence-electron chi connectivity index (χ0n) is 58.1. The summed E-state index contributed by atoms with van der Waals surface area (Å²) in [5.41, 5.74) is 26.2. The first-order chi connectivity index (χ1) is 53.6. The molecule has 0 spiro atoms. The Kier molecular flexibility index (Phi) is 12.9. The number of pyridine rings is 4. The maximum absolute atomic E-state index is 5.90. The molecule has 13 aromatic carbocycles. The Morgan fingerprint density at radius 2 is 0.370 bits per heavy atom. The second-order valence-corrected chi connectivity index (χ2v) is 28.1. The van der Waals surface area contributed by atoms with Crippen LogP contribution in [0.25, 0.3) is 210 Å². The van der Waals surface area contributed by atoms with Crippen LogP contribution in [0.5, 0.6) is 0 Å². The third-order valence-corrected chi connectivity index (χ3v) is 22.3. The SMILES string of the molecule is c1ccc(-n2c3ccccc3c3ccc4c5ccccc5n(-c5cc(-c6cc(-n7c8ccccc8c8ccc9c%10ccccc%10n(-c%10ccccc%10)c9c87)cc(-c7ccncc7)n6)cc(-c6cc(-n7c8ccccc8c8ccc9c%10ccccc%10n(-c%10ccccc%10)c9c87)cc(-c7ccncc7)n6)c5)c4c32)cc1. The molecule has 0 unspecified atom stereocenters. The molecule has 0 aliphatic heterocycles. The lowest BCUT2D eigenvalue weighted by atomic mass is 10.0. The monoisotopic (exact) mass is 1380 g/mol. The first-order valence-electron chi connectivity index (χ1n) is 36.7. The summed E-state index contributed by atoms with van der Waals surface area (Å²) in [5, 5.41) is 13.9. The van der Waals surface area contributed by atoms with E-state index in [1.807, 2.05) is 24.8 Å². The van der Waals surface area contributed by atoms with Gasteiger partial charge in [0.2, 0.25) is 0 Å². The molecule has 0 fully saturated rings. The minimum Gasteiger partial charge on any atom is -0.307 e. The van der Waals surface area contributed by atoms with E-state index >= 15 is 0 Å². The van der Waals surface area contributed by atoms with E-state index in [-0.39, 0.29) is 0 Å². The van der Waals surface area contributed by atoms with Crippen LogP contribution in [0.15, 0.2) is 365 Å². The highest BCUT2D eigenvalue weighted by atomic mass is 15.1. The summed E-state index contributed by atoms with van der Waals surface area (Å²) in [6.45, 7) is 0. The van der Waals surface area contributed by atoms with Gasteiger partial charge in [0.1, 0.15) is 0 Å². The summed E-state index contributed by atoms with van der Waals surface area (Å²) in [7, 11) is 0. The number of hydrogen-bond donors (Lipinski definition) is 0. The average Bonchev–Trinajstić information content (AvgIpc) is 1.55. The van der Waals surface area contributed by atoms with E-state index < -0.39 is 0 Å². The summed E-state index contributed by atoms with van der Waals surface area (Å²) in [6, 6.07) is 124. The van der Waals surface area contributed by atoms with Crippen LogP contribution in [-0.4, -0.2) is 47.3 Å². The minimum atomic E-state index is 0.775. The van der Waals surface area contributed by atoms with Crippen molar-refractivity contribution in [2.75, 3.05) is 0 Å². The van der Waals surface area contributed by atoms with Gasteiger partial charge in [-0.3, -0.25) is 9.97 Å². The molecule has 0 aliphatic rings. The highest BCUT2D eigenvalue weighted by Crippen LogP contribution is 2.48. The molecule has 10 nitrogen and oxygen atoms in total. The van der Waals surface area contributed by atoms with E-state index in [1.54, 1.807) is 0 Å². The van der Waals surface area contributed by atoms with Crippen LogP contribution in [0.4, 0.5) is 0 Å². The topological polar surface area (TPSA) is 81.1 Å². The molecule has 502 valence electrons. The Hall–Kier alpha value is -14.7. The molecule has 10 heterocycles. The Balaban J connectivity index is 0.862. The average molecular weight is 1380 g/mol. The molecule has 0 N–H and O–H groups in total. The third-order valence-electron chi connectivity index (χ3n) is 22.3. The molecule has 0 saturated heterocycles. The van der Waals surface area contributed by atoms with Gasteiger partial charge in [0.05, 0.1) is 100 Å². The number of aromatic nitrogens is 10. The number of fused-ring (bicyclic) bond motifs is 21. The van der Waals surface area contributed by atoms with Crippen LogP contribution >= 0.6 is 0 Å². The fourth-order valence-electron chi connectivity index (χ4n) is 17.8. The molecule has 23 aromatic rings. The molecule has 0 bridgehead atoms. The minimum absolute atomic E-state index is 0.775. The van der Waals surface area contributed by atoms with Gasteiger partial charge in [-0.05, 0) is 140 Å². The quantitative estimate of drug-likeness (QED) is 0.137. The summed E-state index contributed by atoms with van der Waals surface area (Å²) in [6.07, 6.45) is 7.46. The fraction of sp³-hybridized carbons (Fsp3) is 0. The lowest BCUT2D eigenvalue weighted by molar-refractivity contribution is 1.13. The molecule has 10 aromatic heterocycles. The first kappa shape index (κ1) is 59.8. The van der Waals surface area contributed by atoms with Crippen LogP contribution in [0.2, 0.25) is 0 Å². The van der Waals surface area contributed by atoms with Crippen molar-refractivity contribution in [3.05, 3.63) is 365 Å². The second kappa shape index (κ2) is 23.4. The third kappa shape index (κ3) is 8.82. The molecule has 0 atom stereocenters. The molecule has 108 heavy (non-hydrogen) atoms. The van der Waals surface area contributed by atoms with Gasteiger partial charge >= 0.3 is 0 Å². The van der Waals surface area contributed by atoms with Crippen molar-refractivity contribution in [1.29, 1.82) is 0 Å². The van der Waals surface area contributed by atoms with Crippen molar-refractivity contribution >= 4 is 131 Å². The standard InChI is InChI=1S/C98H60N10/c1-4-22-65(23-5-1)103-87-34-16-10-28-71(87)77-40-43-80-74-31-13-19-37-90(74)106(96(80)93(77)103)68-55-63(85-59-69(57-83(101-85)61-46-50-99-51-47-61)107-91-38-20-14-32-75(91)81-44-41-78-72-29-11-17-35-88(72)104(94(78)97(81)107)66-24-6-2-7-25-66)54-64(56-68)86-60-70(58-84(102-86)62-48-52-100-53-49-62)108-92-39-21-15-33-76(92)82-45-42-79-73-30-12-18-36-89(73)105(95(79)98(82)108)67-26-8-3-9-27-67/h1-60H. The van der Waals surface area contributed by atoms with Gasteiger partial charge in [0.15, 0.2) is 0 Å². The normalized spacial score (nSPS) is 12.1. The van der Waals surface area contributed by atoms with E-state index in [2.05, 4.69) is 377 Å². The Morgan fingerprint density at radius 1 is 0.157 bits per heavy atom. The zero-order valence-corrected chi connectivity index (χ0v) is 58.1. The number of nitrogens with zero attached hydrogens (tertiary/aromatic N) is 10. The van der Waals surface area contributed by atoms with Crippen molar-refractivity contribution in [2.45, 2.75) is 0 Å². The summed E-state index contributed by atoms with van der Waals surface area (Å²) in [4.78, 5) is 20.9. The van der Waals surface area contributed by atoms with Gasteiger partial charge in [0.25, 0.3) is 0 Å². The molecule has 0 aliphatic carbocycles. The molecule has 0 saturated carbocycles. The van der Waals surface area contributed by atoms with Crippen LogP contribution in [0.3, 0.4) is 0 Å². The summed E-state index contributed by atoms with van der Waals surface area (Å²) >= 11 is 0. The highest BCUT2D eigenvalue weighted by Gasteiger charge is 2.28. The maximum Gasteiger partial charge on any atom is 0.0788 e. The van der Waals surface area contributed by atoms with E-state index in [9.17, 15) is 0 Å². The predicted octanol–water partition coefficient (Wildman–Crippen LogP) is 24.5. The Bertz CT molecular complexity index is 7310. The van der Waals surface area contributed by atoms with E-state index in [0.717, 1.165) is 183 Å². The van der Waals surface area contributed by atoms with Gasteiger partial charge in [-0.1, -0.05) is 200 Å². The van der Waals surface area contributed by atoms with Crippen LogP contribution < -0.4 is 0 Å². The maximum atomic E-state index is 5.90. The smallest absolute Gasteiger partial charge is 0.0788 e. The summed E-state index contributed by atoms with van der Waals surface area (Å²) < 4.78 is 14.9. The van der Waals surface area contributed by atoms with Crippen molar-refractivity contribution in [2.24, 2.45) is 0 Å². The van der Waals surface area contributed by atoms with Crippen LogP contribution in [0.1, 0.15) is 0 Å². The van der Waals surface area contributed by atoms with Crippen molar-refractivity contribution < 1.29 is 0 Å². The first-order valence-corrected chi connectivity index (χ1v) is 36.7. The number of benzene rings is 13. The van der Waals surface area contributed by atoms with E-state index in [0.29, 0.717) is 0 Å². The van der Waals surface area contributed by atoms with Crippen LogP contribution in [0, 0.1) is 0 Å². The number of rotatable bonds is 10. The molecule has 0 amide bonds. The summed E-state index contributed by atoms with van der Waals surface area (Å²) in [5.74, 6) is 0. The molecule has 0 radical (unpaired) electrons. The largest absolute Gasteiger partial charge is 0.307 e. The predicted molar refractivity (Wildman–Crippen MR) is 445 cm³/mol. The van der Waals surface area contributed by atoms with Crippen molar-refractivity contribution in [3.8, 4) is 79.2 Å². The lowest BCUT2D eigenvalue weighted by Crippen LogP contribution is -2.03.